The van der Waals surface area contributed by atoms with Crippen molar-refractivity contribution in [1.82, 2.24) is 14.5 Å². The van der Waals surface area contributed by atoms with Gasteiger partial charge in [0.15, 0.2) is 5.82 Å². The molecule has 1 amide bonds. The zero-order valence-corrected chi connectivity index (χ0v) is 21.6. The molecule has 0 aliphatic heterocycles. The molecule has 3 aromatic rings. The van der Waals surface area contributed by atoms with Crippen LogP contribution in [0, 0.1) is 0 Å². The van der Waals surface area contributed by atoms with Gasteiger partial charge in [0, 0.05) is 42.3 Å². The van der Waals surface area contributed by atoms with Crippen LogP contribution in [0.5, 0.6) is 0 Å². The Kier molecular flexibility index (Phi) is 7.78. The Bertz CT molecular complexity index is 1210. The van der Waals surface area contributed by atoms with E-state index in [1.165, 1.54) is 11.0 Å². The molecule has 0 aliphatic rings. The molecule has 2 aromatic carbocycles. The van der Waals surface area contributed by atoms with E-state index in [0.717, 1.165) is 24.3 Å². The third kappa shape index (κ3) is 5.15. The van der Waals surface area contributed by atoms with Crippen LogP contribution in [0.4, 0.5) is 10.5 Å². The van der Waals surface area contributed by atoms with Crippen LogP contribution in [-0.4, -0.2) is 56.6 Å². The van der Waals surface area contributed by atoms with Gasteiger partial charge in [-0.05, 0) is 65.0 Å². The number of carbonyl (C=O) groups is 2. The Labute approximate surface area is 209 Å². The molecule has 0 aliphatic carbocycles. The summed E-state index contributed by atoms with van der Waals surface area (Å²) in [5, 5.41) is 10.5. The molecule has 34 heavy (non-hydrogen) atoms. The lowest BCUT2D eigenvalue weighted by molar-refractivity contribution is 0.0972. The molecule has 1 heterocycles. The van der Waals surface area contributed by atoms with E-state index in [-0.39, 0.29) is 35.3 Å². The third-order valence-corrected chi connectivity index (χ3v) is 6.36. The third-order valence-electron chi connectivity index (χ3n) is 5.82. The van der Waals surface area contributed by atoms with Gasteiger partial charge >= 0.3 is 6.09 Å². The fourth-order valence-corrected chi connectivity index (χ4v) is 4.58. The van der Waals surface area contributed by atoms with Gasteiger partial charge in [0.1, 0.15) is 0 Å². The molecule has 0 bridgehead atoms. The number of fused-ring (bicyclic) bond motifs is 1. The molecule has 0 radical (unpaired) electrons. The maximum absolute atomic E-state index is 13.6. The van der Waals surface area contributed by atoms with Crippen molar-refractivity contribution in [2.45, 2.75) is 46.7 Å². The first kappa shape index (κ1) is 25.8. The summed E-state index contributed by atoms with van der Waals surface area (Å²) in [6, 6.07) is 10.5. The monoisotopic (exact) mass is 504 g/mol. The van der Waals surface area contributed by atoms with Crippen LogP contribution in [0.2, 0.25) is 10.0 Å². The van der Waals surface area contributed by atoms with Crippen LogP contribution in [0.15, 0.2) is 36.4 Å². The Balaban J connectivity index is 2.21. The molecule has 0 saturated heterocycles. The van der Waals surface area contributed by atoms with Gasteiger partial charge in [-0.2, -0.15) is 0 Å². The number of aromatic nitrogens is 2. The average Bonchev–Trinajstić information content (AvgIpc) is 3.12. The minimum atomic E-state index is -1.02. The summed E-state index contributed by atoms with van der Waals surface area (Å²) < 4.78 is 1.82. The summed E-state index contributed by atoms with van der Waals surface area (Å²) in [7, 11) is 0. The Morgan fingerprint density at radius 2 is 1.76 bits per heavy atom. The minimum absolute atomic E-state index is 0.186. The van der Waals surface area contributed by atoms with Crippen molar-refractivity contribution in [3.63, 3.8) is 0 Å². The Morgan fingerprint density at radius 1 is 1.09 bits per heavy atom. The maximum Gasteiger partial charge on any atom is 0.407 e. The molecular weight excluding hydrogens is 475 g/mol. The van der Waals surface area contributed by atoms with Crippen molar-refractivity contribution in [3.8, 4) is 0 Å². The molecule has 3 rings (SSSR count). The summed E-state index contributed by atoms with van der Waals surface area (Å²) >= 11 is 12.4. The minimum Gasteiger partial charge on any atom is -0.465 e. The zero-order valence-electron chi connectivity index (χ0n) is 20.1. The van der Waals surface area contributed by atoms with E-state index >= 15 is 0 Å². The molecule has 0 atom stereocenters. The average molecular weight is 505 g/mol. The first-order valence-corrected chi connectivity index (χ1v) is 12.0. The van der Waals surface area contributed by atoms with Crippen LogP contribution < -0.4 is 4.90 Å². The number of imidazole rings is 1. The normalized spacial score (nSPS) is 11.6. The predicted octanol–water partition coefficient (Wildman–Crippen LogP) is 6.20. The number of anilines is 1. The van der Waals surface area contributed by atoms with E-state index in [4.69, 9.17) is 23.2 Å². The van der Waals surface area contributed by atoms with Gasteiger partial charge in [-0.15, -0.1) is 0 Å². The number of hydrogen-bond donors (Lipinski definition) is 1. The Hall–Kier alpha value is -2.77. The fourth-order valence-electron chi connectivity index (χ4n) is 4.09. The van der Waals surface area contributed by atoms with E-state index < -0.39 is 11.6 Å². The lowest BCUT2D eigenvalue weighted by Gasteiger charge is -2.33. The highest BCUT2D eigenvalue weighted by Gasteiger charge is 2.28. The Morgan fingerprint density at radius 3 is 2.32 bits per heavy atom. The molecule has 1 N–H and O–H groups in total. The number of amides is 1. The lowest BCUT2D eigenvalue weighted by atomic mass is 10.1. The summed E-state index contributed by atoms with van der Waals surface area (Å²) in [6.45, 7) is 11.6. The number of hydrogen-bond acceptors (Lipinski definition) is 4. The van der Waals surface area contributed by atoms with Crippen molar-refractivity contribution < 1.29 is 14.7 Å². The van der Waals surface area contributed by atoms with E-state index in [1.807, 2.05) is 43.5 Å². The highest BCUT2D eigenvalue weighted by molar-refractivity contribution is 6.37. The number of carbonyl (C=O) groups excluding carboxylic acids is 1. The van der Waals surface area contributed by atoms with Crippen LogP contribution in [-0.2, 0) is 6.54 Å². The molecule has 7 nitrogen and oxygen atoms in total. The van der Waals surface area contributed by atoms with Crippen molar-refractivity contribution in [1.29, 1.82) is 0 Å². The summed E-state index contributed by atoms with van der Waals surface area (Å²) in [5.41, 5.74) is 2.08. The van der Waals surface area contributed by atoms with Gasteiger partial charge in [0.25, 0.3) is 0 Å². The number of ketones is 1. The highest BCUT2D eigenvalue weighted by atomic mass is 35.5. The van der Waals surface area contributed by atoms with Crippen molar-refractivity contribution in [3.05, 3.63) is 57.8 Å². The second kappa shape index (κ2) is 10.2. The topological polar surface area (TPSA) is 78.7 Å². The highest BCUT2D eigenvalue weighted by Crippen LogP contribution is 2.31. The van der Waals surface area contributed by atoms with Crippen molar-refractivity contribution in [2.24, 2.45) is 0 Å². The molecule has 0 spiro atoms. The number of halogens is 2. The standard InChI is InChI=1S/C25H30Cl2N4O3/c1-6-29(7-2)20-10-8-9-19-21(20)30(13-14-31(24(33)34)25(3,4)5)23(28-19)22(32)17-12-11-16(26)15-18(17)27/h8-12,15H,6-7,13-14H2,1-5H3,(H,33,34). The zero-order chi connectivity index (χ0) is 25.2. The van der Waals surface area contributed by atoms with E-state index in [2.05, 4.69) is 23.7 Å². The lowest BCUT2D eigenvalue weighted by Crippen LogP contribution is -2.46. The number of benzene rings is 2. The van der Waals surface area contributed by atoms with Gasteiger partial charge in [-0.3, -0.25) is 4.79 Å². The predicted molar refractivity (Wildman–Crippen MR) is 138 cm³/mol. The quantitative estimate of drug-likeness (QED) is 0.369. The van der Waals surface area contributed by atoms with Crippen LogP contribution in [0.1, 0.15) is 50.8 Å². The van der Waals surface area contributed by atoms with E-state index in [9.17, 15) is 14.7 Å². The first-order chi connectivity index (χ1) is 16.0. The molecule has 1 aromatic heterocycles. The summed E-state index contributed by atoms with van der Waals surface area (Å²) in [4.78, 5) is 33.8. The molecule has 9 heteroatoms. The van der Waals surface area contributed by atoms with Gasteiger partial charge in [0.2, 0.25) is 5.78 Å². The van der Waals surface area contributed by atoms with Gasteiger partial charge in [-0.25, -0.2) is 9.78 Å². The SMILES string of the molecule is CCN(CC)c1cccc2nc(C(=O)c3ccc(Cl)cc3Cl)n(CCN(C(=O)O)C(C)(C)C)c12. The molecule has 0 fully saturated rings. The van der Waals surface area contributed by atoms with E-state index in [1.54, 1.807) is 12.1 Å². The van der Waals surface area contributed by atoms with Crippen LogP contribution >= 0.6 is 23.2 Å². The second-order valence-electron chi connectivity index (χ2n) is 8.96. The summed E-state index contributed by atoms with van der Waals surface area (Å²) in [5.74, 6) is -0.140. The number of carboxylic acid groups (broad SMARTS) is 1. The smallest absolute Gasteiger partial charge is 0.407 e. The second-order valence-corrected chi connectivity index (χ2v) is 9.81. The molecule has 182 valence electrons. The van der Waals surface area contributed by atoms with Gasteiger partial charge < -0.3 is 19.5 Å². The summed E-state index contributed by atoms with van der Waals surface area (Å²) in [6.07, 6.45) is -1.02. The van der Waals surface area contributed by atoms with Crippen LogP contribution in [0.25, 0.3) is 11.0 Å². The number of para-hydroxylation sites is 1. The number of nitrogens with zero attached hydrogens (tertiary/aromatic N) is 4. The number of rotatable bonds is 8. The molecule has 0 unspecified atom stereocenters. The van der Waals surface area contributed by atoms with E-state index in [0.29, 0.717) is 10.5 Å². The largest absolute Gasteiger partial charge is 0.465 e. The van der Waals surface area contributed by atoms with Gasteiger partial charge in [0.05, 0.1) is 21.7 Å². The van der Waals surface area contributed by atoms with Gasteiger partial charge in [-0.1, -0.05) is 29.3 Å². The van der Waals surface area contributed by atoms with Crippen molar-refractivity contribution >= 4 is 51.8 Å². The molecular formula is C25H30Cl2N4O3. The first-order valence-electron chi connectivity index (χ1n) is 11.2. The van der Waals surface area contributed by atoms with Crippen LogP contribution in [0.3, 0.4) is 0 Å². The fraction of sp³-hybridized carbons (Fsp3) is 0.400. The van der Waals surface area contributed by atoms with Crippen molar-refractivity contribution in [2.75, 3.05) is 24.5 Å². The molecule has 0 saturated carbocycles. The maximum atomic E-state index is 13.6.